The second kappa shape index (κ2) is 9.68. The average molecular weight is 364 g/mol. The topological polar surface area (TPSA) is 77.0 Å². The number of anilines is 2. The third-order valence-electron chi connectivity index (χ3n) is 4.56. The molecule has 26 heavy (non-hydrogen) atoms. The van der Waals surface area contributed by atoms with Crippen LogP contribution in [0.1, 0.15) is 36.5 Å². The fourth-order valence-corrected chi connectivity index (χ4v) is 3.03. The van der Waals surface area contributed by atoms with Crippen molar-refractivity contribution in [2.75, 3.05) is 69.0 Å². The smallest absolute Gasteiger partial charge is 0.343 e. The Morgan fingerprint density at radius 3 is 2.38 bits per heavy atom. The minimum Gasteiger partial charge on any atom is -0.462 e. The van der Waals surface area contributed by atoms with Crippen molar-refractivity contribution in [3.63, 3.8) is 0 Å². The maximum Gasteiger partial charge on any atom is 0.343 e. The molecule has 2 fully saturated rings. The molecule has 1 aromatic heterocycles. The molecule has 8 heteroatoms. The van der Waals surface area contributed by atoms with E-state index in [4.69, 9.17) is 19.2 Å². The van der Waals surface area contributed by atoms with Crippen LogP contribution < -0.4 is 9.80 Å². The van der Waals surface area contributed by atoms with Crippen molar-refractivity contribution >= 4 is 17.7 Å². The predicted molar refractivity (Wildman–Crippen MR) is 97.9 cm³/mol. The van der Waals surface area contributed by atoms with E-state index in [9.17, 15) is 4.79 Å². The third kappa shape index (κ3) is 4.82. The van der Waals surface area contributed by atoms with Crippen molar-refractivity contribution < 1.29 is 19.0 Å². The first-order valence-corrected chi connectivity index (χ1v) is 9.49. The maximum absolute atomic E-state index is 12.6. The summed E-state index contributed by atoms with van der Waals surface area (Å²) in [6.45, 7) is 8.05. The van der Waals surface area contributed by atoms with Gasteiger partial charge in [-0.3, -0.25) is 0 Å². The molecule has 0 spiro atoms. The van der Waals surface area contributed by atoms with Gasteiger partial charge in [0.05, 0.1) is 33.0 Å². The van der Waals surface area contributed by atoms with E-state index >= 15 is 0 Å². The van der Waals surface area contributed by atoms with Crippen LogP contribution in [-0.2, 0) is 14.2 Å². The molecule has 0 unspecified atom stereocenters. The molecule has 0 aromatic carbocycles. The van der Waals surface area contributed by atoms with Gasteiger partial charge < -0.3 is 24.0 Å². The first-order valence-electron chi connectivity index (χ1n) is 9.49. The number of nitrogens with zero attached hydrogens (tertiary/aromatic N) is 4. The number of hydrogen-bond acceptors (Lipinski definition) is 8. The van der Waals surface area contributed by atoms with E-state index in [0.29, 0.717) is 63.5 Å². The van der Waals surface area contributed by atoms with Gasteiger partial charge in [-0.15, -0.1) is 0 Å². The van der Waals surface area contributed by atoms with E-state index in [2.05, 4.69) is 21.7 Å². The Labute approximate surface area is 154 Å². The average Bonchev–Trinajstić information content (AvgIpc) is 2.72. The van der Waals surface area contributed by atoms with Crippen molar-refractivity contribution in [1.82, 2.24) is 9.97 Å². The minimum atomic E-state index is -0.351. The Morgan fingerprint density at radius 1 is 1.08 bits per heavy atom. The van der Waals surface area contributed by atoms with Gasteiger partial charge >= 0.3 is 5.97 Å². The summed E-state index contributed by atoms with van der Waals surface area (Å²) in [6, 6.07) is 0. The molecule has 0 amide bonds. The fraction of sp³-hybridized carbons (Fsp3) is 0.722. The van der Waals surface area contributed by atoms with Crippen LogP contribution in [0.25, 0.3) is 0 Å². The van der Waals surface area contributed by atoms with E-state index in [1.54, 1.807) is 6.20 Å². The van der Waals surface area contributed by atoms with Gasteiger partial charge in [0.15, 0.2) is 0 Å². The highest BCUT2D eigenvalue weighted by Gasteiger charge is 2.24. The van der Waals surface area contributed by atoms with Gasteiger partial charge in [-0.1, -0.05) is 19.8 Å². The molecule has 0 N–H and O–H groups in total. The molecule has 1 aromatic rings. The van der Waals surface area contributed by atoms with Gasteiger partial charge in [0.2, 0.25) is 5.95 Å². The summed E-state index contributed by atoms with van der Waals surface area (Å²) in [4.78, 5) is 25.9. The van der Waals surface area contributed by atoms with E-state index in [0.717, 1.165) is 32.4 Å². The molecular weight excluding hydrogens is 336 g/mol. The number of ether oxygens (including phenoxy) is 3. The third-order valence-corrected chi connectivity index (χ3v) is 4.56. The quantitative estimate of drug-likeness (QED) is 0.532. The minimum absolute atomic E-state index is 0.351. The van der Waals surface area contributed by atoms with Crippen molar-refractivity contribution in [3.05, 3.63) is 11.8 Å². The first kappa shape index (κ1) is 18.8. The molecule has 144 valence electrons. The summed E-state index contributed by atoms with van der Waals surface area (Å²) in [5.41, 5.74) is 0.431. The number of carbonyl (C=O) groups excluding carboxylic acids is 1. The summed E-state index contributed by atoms with van der Waals surface area (Å²) in [5, 5.41) is 0. The molecule has 8 nitrogen and oxygen atoms in total. The highest BCUT2D eigenvalue weighted by Crippen LogP contribution is 2.23. The monoisotopic (exact) mass is 364 g/mol. The summed E-state index contributed by atoms with van der Waals surface area (Å²) in [6.07, 6.45) is 4.62. The Morgan fingerprint density at radius 2 is 1.73 bits per heavy atom. The van der Waals surface area contributed by atoms with Crippen LogP contribution in [-0.4, -0.2) is 75.2 Å². The van der Waals surface area contributed by atoms with Crippen LogP contribution in [0.15, 0.2) is 6.20 Å². The highest BCUT2D eigenvalue weighted by atomic mass is 16.5. The van der Waals surface area contributed by atoms with Gasteiger partial charge in [0.1, 0.15) is 11.4 Å². The summed E-state index contributed by atoms with van der Waals surface area (Å²) in [5.74, 6) is 0.929. The van der Waals surface area contributed by atoms with Crippen LogP contribution in [0.2, 0.25) is 0 Å². The summed E-state index contributed by atoms with van der Waals surface area (Å²) >= 11 is 0. The largest absolute Gasteiger partial charge is 0.462 e. The van der Waals surface area contributed by atoms with Crippen molar-refractivity contribution in [1.29, 1.82) is 0 Å². The normalized spacial score (nSPS) is 18.0. The molecule has 0 saturated carbocycles. The number of aromatic nitrogens is 2. The number of carbonyl (C=O) groups is 1. The zero-order valence-electron chi connectivity index (χ0n) is 15.5. The van der Waals surface area contributed by atoms with E-state index in [-0.39, 0.29) is 5.97 Å². The standard InChI is InChI=1S/C18H28N4O4/c1-2-3-4-9-26-17(23)15-14-19-18(22-7-12-25-13-8-22)20-16(15)21-5-10-24-11-6-21/h14H,2-13H2,1H3. The Hall–Kier alpha value is -1.93. The molecule has 0 bridgehead atoms. The van der Waals surface area contributed by atoms with Gasteiger partial charge in [0.25, 0.3) is 0 Å². The molecular formula is C18H28N4O4. The van der Waals surface area contributed by atoms with E-state index in [1.165, 1.54) is 0 Å². The van der Waals surface area contributed by atoms with Crippen molar-refractivity contribution in [2.45, 2.75) is 26.2 Å². The summed E-state index contributed by atoms with van der Waals surface area (Å²) in [7, 11) is 0. The molecule has 0 aliphatic carbocycles. The lowest BCUT2D eigenvalue weighted by Crippen LogP contribution is -2.40. The number of unbranched alkanes of at least 4 members (excludes halogenated alkanes) is 2. The van der Waals surface area contributed by atoms with Crippen LogP contribution >= 0.6 is 0 Å². The molecule has 3 rings (SSSR count). The highest BCUT2D eigenvalue weighted by molar-refractivity contribution is 5.94. The van der Waals surface area contributed by atoms with Crippen molar-refractivity contribution in [2.24, 2.45) is 0 Å². The van der Waals surface area contributed by atoms with Gasteiger partial charge in [-0.05, 0) is 6.42 Å². The Balaban J connectivity index is 1.78. The lowest BCUT2D eigenvalue weighted by molar-refractivity contribution is 0.0497. The Bertz CT molecular complexity index is 587. The second-order valence-electron chi connectivity index (χ2n) is 6.45. The first-order chi connectivity index (χ1) is 12.8. The zero-order valence-corrected chi connectivity index (χ0v) is 15.5. The van der Waals surface area contributed by atoms with Gasteiger partial charge in [-0.2, -0.15) is 4.98 Å². The number of hydrogen-bond donors (Lipinski definition) is 0. The molecule has 2 aliphatic rings. The lowest BCUT2D eigenvalue weighted by Gasteiger charge is -2.31. The molecule has 2 aliphatic heterocycles. The zero-order chi connectivity index (χ0) is 18.2. The van der Waals surface area contributed by atoms with Crippen LogP contribution in [0, 0.1) is 0 Å². The van der Waals surface area contributed by atoms with Crippen LogP contribution in [0.3, 0.4) is 0 Å². The SMILES string of the molecule is CCCCCOC(=O)c1cnc(N2CCOCC2)nc1N1CCOCC1. The number of morpholine rings is 2. The van der Waals surface area contributed by atoms with Crippen LogP contribution in [0.4, 0.5) is 11.8 Å². The lowest BCUT2D eigenvalue weighted by atomic mass is 10.2. The van der Waals surface area contributed by atoms with Gasteiger partial charge in [0, 0.05) is 32.4 Å². The maximum atomic E-state index is 12.6. The number of rotatable bonds is 7. The van der Waals surface area contributed by atoms with E-state index in [1.807, 2.05) is 0 Å². The molecule has 0 radical (unpaired) electrons. The van der Waals surface area contributed by atoms with Crippen molar-refractivity contribution in [3.8, 4) is 0 Å². The molecule has 3 heterocycles. The molecule has 0 atom stereocenters. The second-order valence-corrected chi connectivity index (χ2v) is 6.45. The van der Waals surface area contributed by atoms with Crippen LogP contribution in [0.5, 0.6) is 0 Å². The fourth-order valence-electron chi connectivity index (χ4n) is 3.03. The number of esters is 1. The Kier molecular flexibility index (Phi) is 7.02. The predicted octanol–water partition coefficient (Wildman–Crippen LogP) is 1.50. The molecule has 2 saturated heterocycles. The summed E-state index contributed by atoms with van der Waals surface area (Å²) < 4.78 is 16.3. The van der Waals surface area contributed by atoms with E-state index < -0.39 is 0 Å². The van der Waals surface area contributed by atoms with Gasteiger partial charge in [-0.25, -0.2) is 9.78 Å².